The fraction of sp³-hybridized carbons (Fsp3) is 0.290. The van der Waals surface area contributed by atoms with E-state index < -0.39 is 28.5 Å². The van der Waals surface area contributed by atoms with Gasteiger partial charge >= 0.3 is 0 Å². The van der Waals surface area contributed by atoms with Crippen LogP contribution in [-0.2, 0) is 21.4 Å². The van der Waals surface area contributed by atoms with Crippen LogP contribution in [0.4, 0.5) is 0 Å². The molecule has 1 aromatic heterocycles. The monoisotopic (exact) mass is 652 g/mol. The zero-order valence-electron chi connectivity index (χ0n) is 24.8. The predicted octanol–water partition coefficient (Wildman–Crippen LogP) is 3.69. The number of carbonyl (C=O) groups excluding carboxylic acids is 2. The van der Waals surface area contributed by atoms with Gasteiger partial charge in [-0.3, -0.25) is 9.59 Å². The SMILES string of the molecule is COc1ccc(Cl)cc1S(=O)(=O)N1CCCNC(=O)c2cccc(c2)OCCn2nc(-c3ccccc3)nc2[C@H](C)NC(=O)C1. The number of sulfonamides is 1. The lowest BCUT2D eigenvalue weighted by Gasteiger charge is -2.24. The van der Waals surface area contributed by atoms with Crippen molar-refractivity contribution in [3.8, 4) is 22.9 Å². The number of fused-ring (bicyclic) bond motifs is 3. The van der Waals surface area contributed by atoms with Crippen LogP contribution in [0.15, 0.2) is 77.7 Å². The Kier molecular flexibility index (Phi) is 10.0. The Labute approximate surface area is 266 Å². The number of benzene rings is 3. The van der Waals surface area contributed by atoms with Crippen molar-refractivity contribution < 1.29 is 27.5 Å². The van der Waals surface area contributed by atoms with Crippen LogP contribution in [-0.4, -0.2) is 72.7 Å². The van der Waals surface area contributed by atoms with Crippen LogP contribution >= 0.6 is 11.6 Å². The van der Waals surface area contributed by atoms with Crippen molar-refractivity contribution in [3.05, 3.63) is 89.2 Å². The first-order valence-electron chi connectivity index (χ1n) is 14.3. The van der Waals surface area contributed by atoms with Gasteiger partial charge in [-0.25, -0.2) is 18.1 Å². The Bertz CT molecular complexity index is 1780. The number of nitrogens with one attached hydrogen (secondary N) is 2. The molecule has 2 bridgehead atoms. The van der Waals surface area contributed by atoms with E-state index >= 15 is 0 Å². The maximum absolute atomic E-state index is 13.9. The Hall–Kier alpha value is -4.46. The van der Waals surface area contributed by atoms with Crippen molar-refractivity contribution in [3.63, 3.8) is 0 Å². The number of amides is 2. The van der Waals surface area contributed by atoms with Crippen LogP contribution in [0.5, 0.6) is 11.5 Å². The molecule has 236 valence electrons. The lowest BCUT2D eigenvalue weighted by Crippen LogP contribution is -2.43. The van der Waals surface area contributed by atoms with Crippen molar-refractivity contribution in [2.24, 2.45) is 0 Å². The van der Waals surface area contributed by atoms with Crippen LogP contribution in [0.3, 0.4) is 0 Å². The van der Waals surface area contributed by atoms with Crippen LogP contribution in [0.1, 0.15) is 35.6 Å². The summed E-state index contributed by atoms with van der Waals surface area (Å²) in [6.07, 6.45) is 0.224. The summed E-state index contributed by atoms with van der Waals surface area (Å²) in [5.41, 5.74) is 1.18. The summed E-state index contributed by atoms with van der Waals surface area (Å²) in [4.78, 5) is 30.8. The van der Waals surface area contributed by atoms with Crippen LogP contribution < -0.4 is 20.1 Å². The van der Waals surface area contributed by atoms with Gasteiger partial charge in [-0.15, -0.1) is 0 Å². The van der Waals surface area contributed by atoms with E-state index in [-0.39, 0.29) is 47.7 Å². The van der Waals surface area contributed by atoms with Gasteiger partial charge in [0, 0.05) is 29.2 Å². The minimum Gasteiger partial charge on any atom is -0.495 e. The van der Waals surface area contributed by atoms with Gasteiger partial charge in [0.15, 0.2) is 5.82 Å². The number of hydrogen-bond acceptors (Lipinski definition) is 8. The second-order valence-corrected chi connectivity index (χ2v) is 12.6. The van der Waals surface area contributed by atoms with E-state index in [1.807, 2.05) is 30.3 Å². The average Bonchev–Trinajstić information content (AvgIpc) is 3.47. The topological polar surface area (TPSA) is 145 Å². The van der Waals surface area contributed by atoms with Crippen molar-refractivity contribution in [2.75, 3.05) is 33.4 Å². The summed E-state index contributed by atoms with van der Waals surface area (Å²) < 4.78 is 41.7. The molecule has 0 fully saturated rings. The fourth-order valence-electron chi connectivity index (χ4n) is 4.87. The molecule has 0 spiro atoms. The number of aromatic nitrogens is 3. The van der Waals surface area contributed by atoms with Gasteiger partial charge in [-0.05, 0) is 49.7 Å². The molecule has 45 heavy (non-hydrogen) atoms. The van der Waals surface area contributed by atoms with Crippen LogP contribution in [0.2, 0.25) is 5.02 Å². The zero-order valence-corrected chi connectivity index (χ0v) is 26.3. The molecule has 3 aromatic carbocycles. The second-order valence-electron chi connectivity index (χ2n) is 10.3. The molecule has 0 saturated heterocycles. The van der Waals surface area contributed by atoms with Crippen LogP contribution in [0, 0.1) is 0 Å². The summed E-state index contributed by atoms with van der Waals surface area (Å²) in [5.74, 6) is 0.622. The molecule has 14 heteroatoms. The van der Waals surface area contributed by atoms with Crippen LogP contribution in [0.25, 0.3) is 11.4 Å². The Morgan fingerprint density at radius 3 is 2.56 bits per heavy atom. The molecule has 12 nitrogen and oxygen atoms in total. The molecule has 0 unspecified atom stereocenters. The van der Waals surface area contributed by atoms with Gasteiger partial charge in [0.2, 0.25) is 15.9 Å². The van der Waals surface area contributed by atoms with Gasteiger partial charge in [0.25, 0.3) is 5.91 Å². The van der Waals surface area contributed by atoms with Crippen molar-refractivity contribution >= 4 is 33.4 Å². The predicted molar refractivity (Wildman–Crippen MR) is 168 cm³/mol. The average molecular weight is 653 g/mol. The molecule has 4 aromatic rings. The van der Waals surface area contributed by atoms with Crippen molar-refractivity contribution in [2.45, 2.75) is 30.8 Å². The third-order valence-corrected chi connectivity index (χ3v) is 9.20. The summed E-state index contributed by atoms with van der Waals surface area (Å²) in [5, 5.41) is 10.5. The van der Waals surface area contributed by atoms with E-state index in [1.54, 1.807) is 35.9 Å². The third-order valence-electron chi connectivity index (χ3n) is 7.10. The highest BCUT2D eigenvalue weighted by Crippen LogP contribution is 2.30. The molecule has 1 atom stereocenters. The smallest absolute Gasteiger partial charge is 0.251 e. The molecule has 2 heterocycles. The maximum atomic E-state index is 13.9. The quantitative estimate of drug-likeness (QED) is 0.340. The van der Waals surface area contributed by atoms with E-state index in [4.69, 9.17) is 26.1 Å². The number of rotatable bonds is 4. The first-order valence-corrected chi connectivity index (χ1v) is 16.1. The highest BCUT2D eigenvalue weighted by atomic mass is 35.5. The minimum atomic E-state index is -4.26. The number of methoxy groups -OCH3 is 1. The molecule has 0 aliphatic carbocycles. The van der Waals surface area contributed by atoms with E-state index in [0.29, 0.717) is 29.5 Å². The Morgan fingerprint density at radius 2 is 1.78 bits per heavy atom. The number of nitrogens with zero attached hydrogens (tertiary/aromatic N) is 4. The number of ether oxygens (including phenoxy) is 2. The molecular formula is C31H33ClN6O6S. The summed E-state index contributed by atoms with van der Waals surface area (Å²) in [6.45, 7) is 1.85. The molecular weight excluding hydrogens is 620 g/mol. The van der Waals surface area contributed by atoms with Gasteiger partial charge < -0.3 is 20.1 Å². The zero-order chi connectivity index (χ0) is 32.0. The van der Waals surface area contributed by atoms with E-state index in [1.165, 1.54) is 25.3 Å². The number of hydrogen-bond donors (Lipinski definition) is 2. The number of carbonyl (C=O) groups is 2. The van der Waals surface area contributed by atoms with Crippen molar-refractivity contribution in [1.29, 1.82) is 0 Å². The highest BCUT2D eigenvalue weighted by Gasteiger charge is 2.31. The van der Waals surface area contributed by atoms with Gasteiger partial charge in [-0.1, -0.05) is 48.0 Å². The van der Waals surface area contributed by atoms with Gasteiger partial charge in [-0.2, -0.15) is 9.40 Å². The first kappa shape index (κ1) is 31.9. The largest absolute Gasteiger partial charge is 0.495 e. The lowest BCUT2D eigenvalue weighted by atomic mass is 10.2. The Morgan fingerprint density at radius 1 is 1.00 bits per heavy atom. The standard InChI is InChI=1S/C31H33ClN6O6S/c1-21-30-35-29(22-8-4-3-5-9-22)36-38(30)16-17-44-25-11-6-10-23(18-25)31(40)33-14-7-15-37(20-28(39)34-21)45(41,42)27-19-24(32)12-13-26(27)43-2/h3-6,8-13,18-19,21H,7,14-17,20H2,1-2H3,(H,33,40)(H,34,39)/t21-/m0/s1. The first-order chi connectivity index (χ1) is 21.7. The van der Waals surface area contributed by atoms with E-state index in [2.05, 4.69) is 15.7 Å². The molecule has 5 rings (SSSR count). The van der Waals surface area contributed by atoms with Gasteiger partial charge in [0.05, 0.1) is 26.2 Å². The summed E-state index contributed by atoms with van der Waals surface area (Å²) in [6, 6.07) is 19.8. The van der Waals surface area contributed by atoms with Crippen molar-refractivity contribution in [1.82, 2.24) is 29.7 Å². The number of halogens is 1. The maximum Gasteiger partial charge on any atom is 0.251 e. The second kappa shape index (κ2) is 14.1. The molecule has 0 saturated carbocycles. The third kappa shape index (κ3) is 7.62. The fourth-order valence-corrected chi connectivity index (χ4v) is 6.73. The molecule has 2 amide bonds. The van der Waals surface area contributed by atoms with E-state index in [9.17, 15) is 18.0 Å². The normalized spacial score (nSPS) is 17.2. The minimum absolute atomic E-state index is 0.0719. The highest BCUT2D eigenvalue weighted by molar-refractivity contribution is 7.89. The Balaban J connectivity index is 1.49. The summed E-state index contributed by atoms with van der Waals surface area (Å²) in [7, 11) is -2.90. The summed E-state index contributed by atoms with van der Waals surface area (Å²) >= 11 is 6.15. The van der Waals surface area contributed by atoms with E-state index in [0.717, 1.165) is 9.87 Å². The van der Waals surface area contributed by atoms with Gasteiger partial charge in [0.1, 0.15) is 28.8 Å². The molecule has 1 aliphatic rings. The molecule has 0 radical (unpaired) electrons. The molecule has 2 N–H and O–H groups in total. The molecule has 1 aliphatic heterocycles. The lowest BCUT2D eigenvalue weighted by molar-refractivity contribution is -0.122.